The number of benzene rings is 2. The Labute approximate surface area is 208 Å². The summed E-state index contributed by atoms with van der Waals surface area (Å²) in [5.74, 6) is -0.365. The van der Waals surface area contributed by atoms with Crippen LogP contribution in [-0.4, -0.2) is 23.4 Å². The Morgan fingerprint density at radius 2 is 1.71 bits per heavy atom. The number of thiophene rings is 1. The van der Waals surface area contributed by atoms with E-state index in [4.69, 9.17) is 4.74 Å². The lowest BCUT2D eigenvalue weighted by atomic mass is 9.83. The molecule has 1 N–H and O–H groups in total. The molecule has 1 aliphatic carbocycles. The van der Waals surface area contributed by atoms with Gasteiger partial charge < -0.3 is 10.1 Å². The number of anilines is 1. The molecule has 0 aliphatic heterocycles. The van der Waals surface area contributed by atoms with Gasteiger partial charge in [0.15, 0.2) is 0 Å². The van der Waals surface area contributed by atoms with Crippen LogP contribution in [0.4, 0.5) is 10.7 Å². The molecule has 2 aromatic carbocycles. The molecule has 182 valence electrons. The van der Waals surface area contributed by atoms with Gasteiger partial charge in [0.2, 0.25) is 0 Å². The smallest absolute Gasteiger partial charge is 0.341 e. The Bertz CT molecular complexity index is 1230. The van der Waals surface area contributed by atoms with Crippen LogP contribution < -0.4 is 5.32 Å². The molecule has 0 spiro atoms. The minimum Gasteiger partial charge on any atom is -0.462 e. The van der Waals surface area contributed by atoms with Gasteiger partial charge in [-0.15, -0.1) is 11.3 Å². The number of amides is 1. The van der Waals surface area contributed by atoms with Crippen LogP contribution in [0.25, 0.3) is 11.1 Å². The molecule has 1 fully saturated rings. The van der Waals surface area contributed by atoms with Gasteiger partial charge in [0.1, 0.15) is 10.6 Å². The largest absolute Gasteiger partial charge is 0.462 e. The third-order valence-electron chi connectivity index (χ3n) is 6.41. The number of nitrogens with zero attached hydrogens (tertiary/aromatic N) is 1. The number of nitro benzene ring substituents is 1. The van der Waals surface area contributed by atoms with E-state index < -0.39 is 16.8 Å². The Kier molecular flexibility index (Phi) is 7.60. The molecule has 1 saturated carbocycles. The van der Waals surface area contributed by atoms with Gasteiger partial charge in [0.05, 0.1) is 11.5 Å². The summed E-state index contributed by atoms with van der Waals surface area (Å²) in [7, 11) is 0. The maximum Gasteiger partial charge on any atom is 0.341 e. The van der Waals surface area contributed by atoms with Crippen molar-refractivity contribution in [2.45, 2.75) is 51.9 Å². The van der Waals surface area contributed by atoms with Crippen molar-refractivity contribution >= 4 is 33.9 Å². The average molecular weight is 493 g/mol. The maximum absolute atomic E-state index is 13.0. The van der Waals surface area contributed by atoms with Crippen molar-refractivity contribution in [1.29, 1.82) is 0 Å². The highest BCUT2D eigenvalue weighted by Crippen LogP contribution is 2.41. The zero-order valence-electron chi connectivity index (χ0n) is 19.8. The first-order valence-electron chi connectivity index (χ1n) is 11.9. The van der Waals surface area contributed by atoms with Gasteiger partial charge in [0, 0.05) is 28.1 Å². The van der Waals surface area contributed by atoms with Crippen LogP contribution in [0, 0.1) is 17.0 Å². The summed E-state index contributed by atoms with van der Waals surface area (Å²) in [6.45, 7) is 3.87. The highest BCUT2D eigenvalue weighted by atomic mass is 32.1. The van der Waals surface area contributed by atoms with Crippen molar-refractivity contribution in [1.82, 2.24) is 0 Å². The molecule has 1 aliphatic rings. The van der Waals surface area contributed by atoms with Gasteiger partial charge in [-0.25, -0.2) is 4.79 Å². The number of hydrogen-bond donors (Lipinski definition) is 1. The zero-order chi connectivity index (χ0) is 24.9. The number of rotatable bonds is 7. The van der Waals surface area contributed by atoms with Crippen LogP contribution in [0.15, 0.2) is 48.5 Å². The van der Waals surface area contributed by atoms with Crippen molar-refractivity contribution in [3.8, 4) is 11.1 Å². The van der Waals surface area contributed by atoms with Crippen molar-refractivity contribution in [2.75, 3.05) is 11.9 Å². The van der Waals surface area contributed by atoms with E-state index in [9.17, 15) is 19.7 Å². The predicted molar refractivity (Wildman–Crippen MR) is 137 cm³/mol. The van der Waals surface area contributed by atoms with Crippen LogP contribution in [0.2, 0.25) is 0 Å². The lowest BCUT2D eigenvalue weighted by Gasteiger charge is -2.22. The summed E-state index contributed by atoms with van der Waals surface area (Å²) in [5, 5.41) is 14.1. The number of esters is 1. The first-order chi connectivity index (χ1) is 16.9. The van der Waals surface area contributed by atoms with Crippen molar-refractivity contribution < 1.29 is 19.2 Å². The van der Waals surface area contributed by atoms with Crippen LogP contribution in [-0.2, 0) is 4.74 Å². The summed E-state index contributed by atoms with van der Waals surface area (Å²) in [6, 6.07) is 13.7. The Morgan fingerprint density at radius 3 is 2.31 bits per heavy atom. The number of carbonyl (C=O) groups excluding carboxylic acids is 2. The van der Waals surface area contributed by atoms with Crippen LogP contribution >= 0.6 is 11.3 Å². The molecule has 8 heteroatoms. The number of hydrogen-bond acceptors (Lipinski definition) is 6. The number of nitro groups is 1. The third kappa shape index (κ3) is 5.43. The van der Waals surface area contributed by atoms with E-state index in [1.807, 2.05) is 19.1 Å². The fraction of sp³-hybridized carbons (Fsp3) is 0.333. The first kappa shape index (κ1) is 24.6. The summed E-state index contributed by atoms with van der Waals surface area (Å²) in [6.07, 6.45) is 6.26. The summed E-state index contributed by atoms with van der Waals surface area (Å²) in [4.78, 5) is 37.1. The monoisotopic (exact) mass is 492 g/mol. The van der Waals surface area contributed by atoms with Gasteiger partial charge >= 0.3 is 5.97 Å². The molecule has 35 heavy (non-hydrogen) atoms. The maximum atomic E-state index is 13.0. The second-order valence-corrected chi connectivity index (χ2v) is 9.90. The van der Waals surface area contributed by atoms with E-state index >= 15 is 0 Å². The van der Waals surface area contributed by atoms with Gasteiger partial charge in [-0.05, 0) is 55.9 Å². The van der Waals surface area contributed by atoms with E-state index in [1.54, 1.807) is 6.92 Å². The molecule has 0 atom stereocenters. The lowest BCUT2D eigenvalue weighted by Crippen LogP contribution is -2.14. The molecule has 1 aromatic heterocycles. The zero-order valence-corrected chi connectivity index (χ0v) is 20.7. The molecular weight excluding hydrogens is 464 g/mol. The van der Waals surface area contributed by atoms with Crippen LogP contribution in [0.1, 0.15) is 76.1 Å². The number of aryl methyl sites for hydroxylation is 1. The van der Waals surface area contributed by atoms with E-state index in [-0.39, 0.29) is 17.9 Å². The molecule has 0 bridgehead atoms. The average Bonchev–Trinajstić information content (AvgIpc) is 3.20. The van der Waals surface area contributed by atoms with Crippen LogP contribution in [0.5, 0.6) is 0 Å². The van der Waals surface area contributed by atoms with E-state index in [1.165, 1.54) is 73.3 Å². The van der Waals surface area contributed by atoms with Crippen molar-refractivity contribution in [3.05, 3.63) is 80.2 Å². The van der Waals surface area contributed by atoms with Gasteiger partial charge in [0.25, 0.3) is 11.6 Å². The molecule has 0 saturated heterocycles. The number of ether oxygens (including phenoxy) is 1. The minimum atomic E-state index is -0.519. The fourth-order valence-corrected chi connectivity index (χ4v) is 5.71. The fourth-order valence-electron chi connectivity index (χ4n) is 4.65. The van der Waals surface area contributed by atoms with E-state index in [0.29, 0.717) is 16.5 Å². The lowest BCUT2D eigenvalue weighted by molar-refractivity contribution is -0.384. The Hall–Kier alpha value is -3.52. The number of nitrogens with one attached hydrogen (secondary N) is 1. The second-order valence-electron chi connectivity index (χ2n) is 8.67. The summed E-state index contributed by atoms with van der Waals surface area (Å²) < 4.78 is 5.33. The highest BCUT2D eigenvalue weighted by molar-refractivity contribution is 7.17. The van der Waals surface area contributed by atoms with Crippen LogP contribution in [0.3, 0.4) is 0 Å². The number of non-ortho nitro benzene ring substituents is 1. The van der Waals surface area contributed by atoms with Crippen molar-refractivity contribution in [3.63, 3.8) is 0 Å². The minimum absolute atomic E-state index is 0.0975. The van der Waals surface area contributed by atoms with Gasteiger partial charge in [-0.1, -0.05) is 43.5 Å². The summed E-state index contributed by atoms with van der Waals surface area (Å²) in [5.41, 5.74) is 3.47. The molecular formula is C27H28N2O5S. The third-order valence-corrected chi connectivity index (χ3v) is 7.43. The molecule has 3 aromatic rings. The van der Waals surface area contributed by atoms with E-state index in [2.05, 4.69) is 17.4 Å². The molecule has 1 heterocycles. The first-order valence-corrected chi connectivity index (χ1v) is 12.7. The van der Waals surface area contributed by atoms with Gasteiger partial charge in [-0.2, -0.15) is 0 Å². The quantitative estimate of drug-likeness (QED) is 0.215. The van der Waals surface area contributed by atoms with Crippen molar-refractivity contribution in [2.24, 2.45) is 0 Å². The molecule has 1 amide bonds. The molecule has 7 nitrogen and oxygen atoms in total. The van der Waals surface area contributed by atoms with Gasteiger partial charge in [-0.3, -0.25) is 14.9 Å². The van der Waals surface area contributed by atoms with E-state index in [0.717, 1.165) is 16.0 Å². The normalized spacial score (nSPS) is 13.9. The second kappa shape index (κ2) is 10.8. The summed E-state index contributed by atoms with van der Waals surface area (Å²) >= 11 is 1.31. The molecule has 0 unspecified atom stereocenters. The molecule has 0 radical (unpaired) electrons. The SMILES string of the molecule is CCOC(=O)c1c(NC(=O)c2ccc([N+](=O)[O-])cc2)sc(C)c1-c1ccc(C2CCCCC2)cc1. The number of carbonyl (C=O) groups is 2. The standard InChI is InChI=1S/C27H28N2O5S/c1-3-34-27(31)24-23(20-11-9-19(10-12-20)18-7-5-4-6-8-18)17(2)35-26(24)28-25(30)21-13-15-22(16-14-21)29(32)33/h9-16,18H,3-8H2,1-2H3,(H,28,30). The highest BCUT2D eigenvalue weighted by Gasteiger charge is 2.26. The topological polar surface area (TPSA) is 98.5 Å². The molecule has 4 rings (SSSR count). The Balaban J connectivity index is 1.65. The predicted octanol–water partition coefficient (Wildman–Crippen LogP) is 7.11. The Morgan fingerprint density at radius 1 is 1.06 bits per heavy atom.